The summed E-state index contributed by atoms with van der Waals surface area (Å²) in [7, 11) is -2.25. The van der Waals surface area contributed by atoms with Gasteiger partial charge in [0.25, 0.3) is 10.0 Å². The van der Waals surface area contributed by atoms with Crippen molar-refractivity contribution in [2.75, 3.05) is 13.1 Å². The van der Waals surface area contributed by atoms with Crippen LogP contribution in [0.25, 0.3) is 0 Å². The normalized spacial score (nSPS) is 11.7. The molecule has 0 atom stereocenters. The van der Waals surface area contributed by atoms with Gasteiger partial charge in [0.1, 0.15) is 12.4 Å². The Morgan fingerprint density at radius 3 is 2.67 bits per heavy atom. The number of carboxylic acid groups (broad SMARTS) is 1. The molecule has 8 heteroatoms. The van der Waals surface area contributed by atoms with E-state index in [0.29, 0.717) is 5.82 Å². The topological polar surface area (TPSA) is 92.5 Å². The molecule has 1 aromatic rings. The number of carbonyl (C=O) groups is 1. The maximum atomic E-state index is 12.2. The summed E-state index contributed by atoms with van der Waals surface area (Å²) >= 11 is 0. The van der Waals surface area contributed by atoms with Crippen LogP contribution in [0.15, 0.2) is 23.9 Å². The van der Waals surface area contributed by atoms with Gasteiger partial charge in [-0.05, 0) is 6.92 Å². The van der Waals surface area contributed by atoms with E-state index in [1.807, 2.05) is 0 Å². The lowest BCUT2D eigenvalue weighted by atomic mass is 10.6. The fourth-order valence-corrected chi connectivity index (χ4v) is 2.71. The summed E-state index contributed by atoms with van der Waals surface area (Å²) in [4.78, 5) is 14.6. The van der Waals surface area contributed by atoms with Gasteiger partial charge in [0, 0.05) is 19.8 Å². The molecule has 0 spiro atoms. The van der Waals surface area contributed by atoms with Gasteiger partial charge >= 0.3 is 5.97 Å². The summed E-state index contributed by atoms with van der Waals surface area (Å²) in [6, 6.07) is 0. The highest BCUT2D eigenvalue weighted by Crippen LogP contribution is 2.14. The molecule has 1 rings (SSSR count). The minimum Gasteiger partial charge on any atom is -0.480 e. The van der Waals surface area contributed by atoms with Gasteiger partial charge in [-0.2, -0.15) is 4.31 Å². The molecule has 0 radical (unpaired) electrons. The second kappa shape index (κ2) is 5.32. The molecule has 0 fully saturated rings. The Balaban J connectivity index is 3.15. The van der Waals surface area contributed by atoms with E-state index in [1.54, 1.807) is 18.5 Å². The third-order valence-corrected chi connectivity index (χ3v) is 4.02. The molecule has 1 N–H and O–H groups in total. The van der Waals surface area contributed by atoms with Crippen molar-refractivity contribution in [3.8, 4) is 0 Å². The number of nitrogens with zero attached hydrogens (tertiary/aromatic N) is 3. The maximum Gasteiger partial charge on any atom is 0.318 e. The number of sulfonamides is 1. The lowest BCUT2D eigenvalue weighted by Crippen LogP contribution is -2.36. The molecule has 1 aromatic heterocycles. The molecule has 100 valence electrons. The number of hydrogen-bond acceptors (Lipinski definition) is 4. The van der Waals surface area contributed by atoms with E-state index in [9.17, 15) is 13.2 Å². The summed E-state index contributed by atoms with van der Waals surface area (Å²) < 4.78 is 26.7. The first kappa shape index (κ1) is 14.4. The van der Waals surface area contributed by atoms with Gasteiger partial charge in [0.15, 0.2) is 5.03 Å². The quantitative estimate of drug-likeness (QED) is 0.736. The molecule has 0 aromatic carbocycles. The minimum absolute atomic E-state index is 0.0791. The zero-order valence-electron chi connectivity index (χ0n) is 10.2. The van der Waals surface area contributed by atoms with Gasteiger partial charge in [0.05, 0.1) is 0 Å². The fraction of sp³-hybridized carbons (Fsp3) is 0.400. The molecule has 18 heavy (non-hydrogen) atoms. The summed E-state index contributed by atoms with van der Waals surface area (Å²) in [6.45, 7) is 4.37. The van der Waals surface area contributed by atoms with Crippen LogP contribution >= 0.6 is 0 Å². The Morgan fingerprint density at radius 1 is 1.67 bits per heavy atom. The number of aliphatic carboxylic acids is 1. The second-order valence-corrected chi connectivity index (χ2v) is 5.60. The van der Waals surface area contributed by atoms with Crippen LogP contribution in [0.1, 0.15) is 5.82 Å². The van der Waals surface area contributed by atoms with Gasteiger partial charge < -0.3 is 9.67 Å². The third kappa shape index (κ3) is 2.96. The van der Waals surface area contributed by atoms with Crippen molar-refractivity contribution in [2.45, 2.75) is 11.9 Å². The van der Waals surface area contributed by atoms with Crippen LogP contribution in [0, 0.1) is 6.92 Å². The Morgan fingerprint density at radius 2 is 2.28 bits per heavy atom. The lowest BCUT2D eigenvalue weighted by Gasteiger charge is -2.16. The Labute approximate surface area is 105 Å². The molecule has 0 bridgehead atoms. The van der Waals surface area contributed by atoms with Crippen LogP contribution in [0.3, 0.4) is 0 Å². The van der Waals surface area contributed by atoms with Crippen LogP contribution in [-0.2, 0) is 21.9 Å². The van der Waals surface area contributed by atoms with E-state index in [2.05, 4.69) is 11.6 Å². The van der Waals surface area contributed by atoms with Gasteiger partial charge in [-0.15, -0.1) is 6.58 Å². The monoisotopic (exact) mass is 273 g/mol. The van der Waals surface area contributed by atoms with E-state index in [1.165, 1.54) is 12.3 Å². The molecule has 0 aliphatic carbocycles. The molecule has 0 saturated carbocycles. The van der Waals surface area contributed by atoms with E-state index in [4.69, 9.17) is 5.11 Å². The first-order chi connectivity index (χ1) is 8.28. The summed E-state index contributed by atoms with van der Waals surface area (Å²) in [5, 5.41) is 8.55. The fourth-order valence-electron chi connectivity index (χ4n) is 1.33. The highest BCUT2D eigenvalue weighted by molar-refractivity contribution is 7.89. The van der Waals surface area contributed by atoms with Gasteiger partial charge in [-0.3, -0.25) is 4.79 Å². The molecular formula is C10H15N3O4S. The molecule has 1 heterocycles. The zero-order chi connectivity index (χ0) is 13.9. The highest BCUT2D eigenvalue weighted by atomic mass is 32.2. The van der Waals surface area contributed by atoms with E-state index in [0.717, 1.165) is 4.31 Å². The third-order valence-electron chi connectivity index (χ3n) is 2.34. The largest absolute Gasteiger partial charge is 0.480 e. The number of imidazole rings is 1. The number of aromatic nitrogens is 2. The summed E-state index contributed by atoms with van der Waals surface area (Å²) in [6.07, 6.45) is 2.68. The van der Waals surface area contributed by atoms with Crippen molar-refractivity contribution in [3.05, 3.63) is 24.7 Å². The van der Waals surface area contributed by atoms with Crippen LogP contribution in [0.5, 0.6) is 0 Å². The number of rotatable bonds is 6. The average Bonchev–Trinajstić information content (AvgIpc) is 2.59. The van der Waals surface area contributed by atoms with Gasteiger partial charge in [-0.25, -0.2) is 13.4 Å². The smallest absolute Gasteiger partial charge is 0.318 e. The van der Waals surface area contributed by atoms with Crippen LogP contribution in [0.4, 0.5) is 0 Å². The van der Waals surface area contributed by atoms with Crippen molar-refractivity contribution in [1.82, 2.24) is 13.9 Å². The highest BCUT2D eigenvalue weighted by Gasteiger charge is 2.28. The first-order valence-corrected chi connectivity index (χ1v) is 6.56. The summed E-state index contributed by atoms with van der Waals surface area (Å²) in [5.74, 6) is -0.699. The maximum absolute atomic E-state index is 12.2. The first-order valence-electron chi connectivity index (χ1n) is 5.12. The molecule has 0 unspecified atom stereocenters. The van der Waals surface area contributed by atoms with Crippen molar-refractivity contribution in [3.63, 3.8) is 0 Å². The zero-order valence-corrected chi connectivity index (χ0v) is 11.0. The molecule has 0 aliphatic rings. The molecule has 0 amide bonds. The standard InChI is InChI=1S/C10H15N3O4S/c1-4-5-13(7-10(14)15)18(16,17)9-6-12(3)8(2)11-9/h4,6H,1,5,7H2,2-3H3,(H,14,15). The van der Waals surface area contributed by atoms with Crippen molar-refractivity contribution in [1.29, 1.82) is 0 Å². The number of hydrogen-bond donors (Lipinski definition) is 1. The molecule has 0 aliphatic heterocycles. The van der Waals surface area contributed by atoms with Crippen molar-refractivity contribution in [2.24, 2.45) is 7.05 Å². The van der Waals surface area contributed by atoms with E-state index in [-0.39, 0.29) is 11.6 Å². The van der Waals surface area contributed by atoms with Crippen LogP contribution in [0.2, 0.25) is 0 Å². The minimum atomic E-state index is -3.91. The van der Waals surface area contributed by atoms with E-state index >= 15 is 0 Å². The molecule has 7 nitrogen and oxygen atoms in total. The Kier molecular flexibility index (Phi) is 4.25. The predicted octanol–water partition coefficient (Wildman–Crippen LogP) is -0.0102. The SMILES string of the molecule is C=CCN(CC(=O)O)S(=O)(=O)c1cn(C)c(C)n1. The van der Waals surface area contributed by atoms with Crippen molar-refractivity contribution < 1.29 is 18.3 Å². The molecule has 0 saturated heterocycles. The Hall–Kier alpha value is -1.67. The average molecular weight is 273 g/mol. The van der Waals surface area contributed by atoms with E-state index < -0.39 is 22.5 Å². The second-order valence-electron chi connectivity index (χ2n) is 3.72. The van der Waals surface area contributed by atoms with Crippen LogP contribution < -0.4 is 0 Å². The summed E-state index contributed by atoms with van der Waals surface area (Å²) in [5.41, 5.74) is 0. The Bertz CT molecular complexity index is 542. The van der Waals surface area contributed by atoms with Crippen molar-refractivity contribution >= 4 is 16.0 Å². The lowest BCUT2D eigenvalue weighted by molar-refractivity contribution is -0.137. The van der Waals surface area contributed by atoms with Gasteiger partial charge in [-0.1, -0.05) is 6.08 Å². The number of carboxylic acids is 1. The number of aryl methyl sites for hydroxylation is 2. The van der Waals surface area contributed by atoms with Crippen LogP contribution in [-0.4, -0.2) is 46.4 Å². The van der Waals surface area contributed by atoms with Gasteiger partial charge in [0.2, 0.25) is 0 Å². The predicted molar refractivity (Wildman–Crippen MR) is 64.5 cm³/mol. The molecular weight excluding hydrogens is 258 g/mol.